The Morgan fingerprint density at radius 2 is 1.32 bits per heavy atom. The number of phenolic OH excluding ortho intramolecular Hbond substituents is 1. The van der Waals surface area contributed by atoms with E-state index in [1.165, 1.54) is 16.3 Å². The number of fused-ring (bicyclic) bond motifs is 4. The molecule has 0 aliphatic rings. The highest BCUT2D eigenvalue weighted by atomic mass is 16.5. The molecule has 3 aromatic heterocycles. The average molecular weight is 612 g/mol. The minimum Gasteiger partial charge on any atom is -0.505 e. The third-order valence-corrected chi connectivity index (χ3v) is 9.10. The van der Waals surface area contributed by atoms with Crippen molar-refractivity contribution in [3.05, 3.63) is 144 Å². The molecule has 5 nitrogen and oxygen atoms in total. The second-order valence-electron chi connectivity index (χ2n) is 12.3. The lowest BCUT2D eigenvalue weighted by Gasteiger charge is -2.15. The van der Waals surface area contributed by atoms with Crippen molar-refractivity contribution in [3.63, 3.8) is 0 Å². The Hall–Kier alpha value is -5.94. The first-order valence-electron chi connectivity index (χ1n) is 15.8. The van der Waals surface area contributed by atoms with Crippen LogP contribution in [0.4, 0.5) is 0 Å². The van der Waals surface area contributed by atoms with E-state index in [0.717, 1.165) is 61.2 Å². The maximum atomic E-state index is 11.5. The molecule has 0 saturated carbocycles. The van der Waals surface area contributed by atoms with Gasteiger partial charge in [-0.1, -0.05) is 72.8 Å². The first-order chi connectivity index (χ1) is 22.9. The van der Waals surface area contributed by atoms with Gasteiger partial charge in [-0.05, 0) is 91.4 Å². The van der Waals surface area contributed by atoms with Crippen LogP contribution in [-0.4, -0.2) is 19.6 Å². The van der Waals surface area contributed by atoms with E-state index in [0.29, 0.717) is 17.1 Å². The zero-order chi connectivity index (χ0) is 32.2. The van der Waals surface area contributed by atoms with E-state index in [1.807, 2.05) is 74.6 Å². The van der Waals surface area contributed by atoms with Crippen LogP contribution < -0.4 is 4.74 Å². The van der Waals surface area contributed by atoms with Gasteiger partial charge in [0.25, 0.3) is 0 Å². The van der Waals surface area contributed by atoms with Gasteiger partial charge in [0.15, 0.2) is 0 Å². The molecule has 8 aromatic rings. The number of benzene rings is 5. The van der Waals surface area contributed by atoms with E-state index < -0.39 is 0 Å². The molecular weight excluding hydrogens is 578 g/mol. The number of ether oxygens (including phenoxy) is 1. The molecule has 0 amide bonds. The van der Waals surface area contributed by atoms with E-state index in [-0.39, 0.29) is 5.75 Å². The number of pyridine rings is 2. The molecule has 1 N–H and O–H groups in total. The summed E-state index contributed by atoms with van der Waals surface area (Å²) < 4.78 is 8.74. The summed E-state index contributed by atoms with van der Waals surface area (Å²) in [6.07, 6.45) is 1.94. The standard InChI is InChI=1S/C42H33N3O2/c1-25-12-11-17-34-39(25)40-27(3)20-32(23-35(40)45(34)36-19-18-31(24-43-36)29-13-7-5-8-14-29)47-37-22-26(2)33-21-28(4)38(42(46)41(33)44-37)30-15-9-6-10-16-30/h5-24,46H,1-4H3. The Balaban J connectivity index is 1.27. The van der Waals surface area contributed by atoms with E-state index in [4.69, 9.17) is 14.7 Å². The van der Waals surface area contributed by atoms with E-state index in [1.54, 1.807) is 0 Å². The van der Waals surface area contributed by atoms with Crippen molar-refractivity contribution in [1.29, 1.82) is 0 Å². The monoisotopic (exact) mass is 611 g/mol. The van der Waals surface area contributed by atoms with E-state index in [2.05, 4.69) is 79.1 Å². The summed E-state index contributed by atoms with van der Waals surface area (Å²) in [5, 5.41) is 14.8. The van der Waals surface area contributed by atoms with Crippen molar-refractivity contribution >= 4 is 32.7 Å². The van der Waals surface area contributed by atoms with Crippen molar-refractivity contribution < 1.29 is 9.84 Å². The lowest BCUT2D eigenvalue weighted by Crippen LogP contribution is -1.98. The minimum absolute atomic E-state index is 0.159. The highest BCUT2D eigenvalue weighted by Crippen LogP contribution is 2.42. The highest BCUT2D eigenvalue weighted by molar-refractivity contribution is 6.12. The summed E-state index contributed by atoms with van der Waals surface area (Å²) in [6, 6.07) is 39.0. The van der Waals surface area contributed by atoms with Crippen molar-refractivity contribution in [2.45, 2.75) is 27.7 Å². The quantitative estimate of drug-likeness (QED) is 0.210. The number of aromatic nitrogens is 3. The van der Waals surface area contributed by atoms with Crippen LogP contribution in [0.15, 0.2) is 121 Å². The molecule has 0 saturated heterocycles. The van der Waals surface area contributed by atoms with Gasteiger partial charge in [-0.2, -0.15) is 0 Å². The molecule has 0 spiro atoms. The SMILES string of the molecule is Cc1cc2c(C)cc(Oc3cc(C)c4c5c(C)cccc5n(-c5ccc(-c6ccccc6)cn5)c4c3)nc2c(O)c1-c1ccccc1. The fourth-order valence-corrected chi connectivity index (χ4v) is 6.91. The van der Waals surface area contributed by atoms with Gasteiger partial charge in [0.1, 0.15) is 22.8 Å². The Bertz CT molecular complexity index is 2460. The van der Waals surface area contributed by atoms with Gasteiger partial charge in [0.05, 0.1) is 11.0 Å². The summed E-state index contributed by atoms with van der Waals surface area (Å²) >= 11 is 0. The molecule has 8 rings (SSSR count). The topological polar surface area (TPSA) is 60.2 Å². The number of hydrogen-bond acceptors (Lipinski definition) is 4. The normalized spacial score (nSPS) is 11.5. The van der Waals surface area contributed by atoms with Crippen LogP contribution in [0, 0.1) is 27.7 Å². The summed E-state index contributed by atoms with van der Waals surface area (Å²) in [7, 11) is 0. The van der Waals surface area contributed by atoms with E-state index in [9.17, 15) is 5.11 Å². The molecular formula is C42H33N3O2. The summed E-state index contributed by atoms with van der Waals surface area (Å²) in [5.74, 6) is 2.09. The maximum Gasteiger partial charge on any atom is 0.220 e. The Kier molecular flexibility index (Phi) is 6.76. The Labute approximate surface area is 273 Å². The maximum absolute atomic E-state index is 11.5. The second kappa shape index (κ2) is 11.1. The third-order valence-electron chi connectivity index (χ3n) is 9.10. The summed E-state index contributed by atoms with van der Waals surface area (Å²) in [4.78, 5) is 9.80. The molecule has 0 fully saturated rings. The lowest BCUT2D eigenvalue weighted by molar-refractivity contribution is 0.460. The molecule has 47 heavy (non-hydrogen) atoms. The van der Waals surface area contributed by atoms with Crippen LogP contribution in [0.1, 0.15) is 22.3 Å². The van der Waals surface area contributed by atoms with Crippen molar-refractivity contribution in [2.75, 3.05) is 0 Å². The predicted octanol–water partition coefficient (Wildman–Crippen LogP) is 10.8. The molecule has 0 aliphatic heterocycles. The molecule has 0 atom stereocenters. The molecule has 3 heterocycles. The number of rotatable bonds is 5. The first kappa shape index (κ1) is 28.5. The number of hydrogen-bond donors (Lipinski definition) is 1. The number of nitrogens with zero attached hydrogens (tertiary/aromatic N) is 3. The lowest BCUT2D eigenvalue weighted by atomic mass is 9.95. The van der Waals surface area contributed by atoms with Gasteiger partial charge in [-0.15, -0.1) is 0 Å². The van der Waals surface area contributed by atoms with Crippen molar-refractivity contribution in [1.82, 2.24) is 14.5 Å². The molecule has 5 aromatic carbocycles. The number of aryl methyl sites for hydroxylation is 4. The van der Waals surface area contributed by atoms with Gasteiger partial charge in [-0.3, -0.25) is 4.57 Å². The van der Waals surface area contributed by atoms with Crippen molar-refractivity contribution in [2.24, 2.45) is 0 Å². The predicted molar refractivity (Wildman–Crippen MR) is 192 cm³/mol. The molecule has 5 heteroatoms. The fraction of sp³-hybridized carbons (Fsp3) is 0.0952. The Morgan fingerprint density at radius 1 is 0.596 bits per heavy atom. The Morgan fingerprint density at radius 3 is 2.04 bits per heavy atom. The molecule has 0 unspecified atom stereocenters. The summed E-state index contributed by atoms with van der Waals surface area (Å²) in [5.41, 5.74) is 10.8. The molecule has 228 valence electrons. The zero-order valence-corrected chi connectivity index (χ0v) is 26.7. The second-order valence-corrected chi connectivity index (χ2v) is 12.3. The molecule has 0 radical (unpaired) electrons. The molecule has 0 aliphatic carbocycles. The van der Waals surface area contributed by atoms with E-state index >= 15 is 0 Å². The third kappa shape index (κ3) is 4.79. The van der Waals surface area contributed by atoms with Gasteiger partial charge in [-0.25, -0.2) is 9.97 Å². The largest absolute Gasteiger partial charge is 0.505 e. The minimum atomic E-state index is 0.159. The first-order valence-corrected chi connectivity index (χ1v) is 15.8. The number of phenols is 1. The summed E-state index contributed by atoms with van der Waals surface area (Å²) in [6.45, 7) is 8.32. The van der Waals surface area contributed by atoms with Crippen LogP contribution in [0.3, 0.4) is 0 Å². The van der Waals surface area contributed by atoms with Crippen LogP contribution in [0.2, 0.25) is 0 Å². The zero-order valence-electron chi connectivity index (χ0n) is 26.7. The average Bonchev–Trinajstić information content (AvgIpc) is 3.42. The van der Waals surface area contributed by atoms with Crippen LogP contribution in [0.25, 0.3) is 60.8 Å². The van der Waals surface area contributed by atoms with Gasteiger partial charge < -0.3 is 9.84 Å². The van der Waals surface area contributed by atoms with Crippen LogP contribution >= 0.6 is 0 Å². The smallest absolute Gasteiger partial charge is 0.220 e. The van der Waals surface area contributed by atoms with Gasteiger partial charge in [0, 0.05) is 45.6 Å². The molecule has 0 bridgehead atoms. The van der Waals surface area contributed by atoms with Crippen LogP contribution in [-0.2, 0) is 0 Å². The number of aromatic hydroxyl groups is 1. The van der Waals surface area contributed by atoms with Gasteiger partial charge >= 0.3 is 0 Å². The van der Waals surface area contributed by atoms with Crippen LogP contribution in [0.5, 0.6) is 17.4 Å². The van der Waals surface area contributed by atoms with Crippen molar-refractivity contribution in [3.8, 4) is 45.5 Å². The fourth-order valence-electron chi connectivity index (χ4n) is 6.91. The van der Waals surface area contributed by atoms with Gasteiger partial charge in [0.2, 0.25) is 5.88 Å². The highest BCUT2D eigenvalue weighted by Gasteiger charge is 2.20.